The Bertz CT molecular complexity index is 995. The van der Waals surface area contributed by atoms with Crippen molar-refractivity contribution in [3.05, 3.63) is 60.2 Å². The Balaban J connectivity index is 1.73. The standard InChI is InChI=1S/C21H25N3O5S/c1-29-14-12-22-20(25)19-11-6-13-24(19)21(26)16-7-5-8-17(15-16)23-30(27,28)18-9-3-2-4-10-18/h2-5,7-10,15,19,23H,6,11-14H2,1H3,(H,22,25). The minimum absolute atomic E-state index is 0.133. The van der Waals surface area contributed by atoms with Crippen LogP contribution in [0, 0.1) is 0 Å². The third kappa shape index (κ3) is 5.17. The van der Waals surface area contributed by atoms with E-state index in [1.807, 2.05) is 0 Å². The van der Waals surface area contributed by atoms with Crippen LogP contribution in [0.5, 0.6) is 0 Å². The average molecular weight is 432 g/mol. The van der Waals surface area contributed by atoms with E-state index in [1.54, 1.807) is 43.5 Å². The molecule has 9 heteroatoms. The van der Waals surface area contributed by atoms with E-state index in [9.17, 15) is 18.0 Å². The lowest BCUT2D eigenvalue weighted by Crippen LogP contribution is -2.46. The summed E-state index contributed by atoms with van der Waals surface area (Å²) < 4.78 is 32.5. The van der Waals surface area contributed by atoms with Crippen molar-refractivity contribution in [2.75, 3.05) is 31.5 Å². The summed E-state index contributed by atoms with van der Waals surface area (Å²) in [5.41, 5.74) is 0.602. The number of ether oxygens (including phenoxy) is 1. The molecule has 1 heterocycles. The minimum Gasteiger partial charge on any atom is -0.383 e. The second kappa shape index (κ2) is 9.73. The van der Waals surface area contributed by atoms with Gasteiger partial charge in [0, 0.05) is 31.5 Å². The van der Waals surface area contributed by atoms with Crippen molar-refractivity contribution in [2.45, 2.75) is 23.8 Å². The Hall–Kier alpha value is -2.91. The molecule has 0 aliphatic carbocycles. The largest absolute Gasteiger partial charge is 0.383 e. The molecule has 0 aromatic heterocycles. The molecule has 160 valence electrons. The molecular formula is C21H25N3O5S. The number of benzene rings is 2. The molecule has 30 heavy (non-hydrogen) atoms. The summed E-state index contributed by atoms with van der Waals surface area (Å²) in [5.74, 6) is -0.515. The highest BCUT2D eigenvalue weighted by Gasteiger charge is 2.34. The predicted octanol–water partition coefficient (Wildman–Crippen LogP) is 1.85. The highest BCUT2D eigenvalue weighted by molar-refractivity contribution is 7.92. The van der Waals surface area contributed by atoms with Crippen LogP contribution in [-0.4, -0.2) is 58.0 Å². The number of carbonyl (C=O) groups is 2. The molecular weight excluding hydrogens is 406 g/mol. The third-order valence-corrected chi connectivity index (χ3v) is 6.23. The molecule has 0 bridgehead atoms. The van der Waals surface area contributed by atoms with Crippen LogP contribution in [0.4, 0.5) is 5.69 Å². The summed E-state index contributed by atoms with van der Waals surface area (Å²) in [7, 11) is -2.21. The van der Waals surface area contributed by atoms with E-state index < -0.39 is 16.1 Å². The van der Waals surface area contributed by atoms with Gasteiger partial charge in [-0.25, -0.2) is 8.42 Å². The summed E-state index contributed by atoms with van der Waals surface area (Å²) in [4.78, 5) is 27.1. The average Bonchev–Trinajstić information content (AvgIpc) is 3.24. The Morgan fingerprint density at radius 3 is 2.63 bits per heavy atom. The quantitative estimate of drug-likeness (QED) is 0.621. The van der Waals surface area contributed by atoms with E-state index in [0.29, 0.717) is 31.7 Å². The molecule has 1 unspecified atom stereocenters. The number of likely N-dealkylation sites (tertiary alicyclic amines) is 1. The molecule has 1 aliphatic rings. The zero-order chi connectivity index (χ0) is 21.6. The highest BCUT2D eigenvalue weighted by atomic mass is 32.2. The Labute approximate surface area is 176 Å². The zero-order valence-corrected chi connectivity index (χ0v) is 17.5. The van der Waals surface area contributed by atoms with Crippen molar-refractivity contribution in [1.29, 1.82) is 0 Å². The van der Waals surface area contributed by atoms with E-state index in [0.717, 1.165) is 6.42 Å². The number of hydrogen-bond acceptors (Lipinski definition) is 5. The summed E-state index contributed by atoms with van der Waals surface area (Å²) in [6, 6.07) is 13.7. The second-order valence-electron chi connectivity index (χ2n) is 6.94. The van der Waals surface area contributed by atoms with Gasteiger partial charge in [0.2, 0.25) is 5.91 Å². The molecule has 1 fully saturated rings. The Kier molecular flexibility index (Phi) is 7.07. The molecule has 2 N–H and O–H groups in total. The van der Waals surface area contributed by atoms with Crippen molar-refractivity contribution in [1.82, 2.24) is 10.2 Å². The fraction of sp³-hybridized carbons (Fsp3) is 0.333. The van der Waals surface area contributed by atoms with Crippen LogP contribution in [0.15, 0.2) is 59.5 Å². The van der Waals surface area contributed by atoms with E-state index in [4.69, 9.17) is 4.74 Å². The van der Waals surface area contributed by atoms with Crippen LogP contribution in [0.2, 0.25) is 0 Å². The number of nitrogens with one attached hydrogen (secondary N) is 2. The van der Waals surface area contributed by atoms with E-state index in [2.05, 4.69) is 10.0 Å². The maximum absolute atomic E-state index is 13.0. The van der Waals surface area contributed by atoms with Gasteiger partial charge in [-0.15, -0.1) is 0 Å². The molecule has 0 spiro atoms. The molecule has 2 amide bonds. The fourth-order valence-corrected chi connectivity index (χ4v) is 4.44. The van der Waals surface area contributed by atoms with E-state index >= 15 is 0 Å². The van der Waals surface area contributed by atoms with Gasteiger partial charge in [0.25, 0.3) is 15.9 Å². The van der Waals surface area contributed by atoms with Crippen molar-refractivity contribution in [3.63, 3.8) is 0 Å². The molecule has 2 aromatic carbocycles. The van der Waals surface area contributed by atoms with Gasteiger partial charge in [-0.2, -0.15) is 0 Å². The van der Waals surface area contributed by atoms with Gasteiger partial charge >= 0.3 is 0 Å². The lowest BCUT2D eigenvalue weighted by molar-refractivity contribution is -0.125. The SMILES string of the molecule is COCCNC(=O)C1CCCN1C(=O)c1cccc(NS(=O)(=O)c2ccccc2)c1. The van der Waals surface area contributed by atoms with Gasteiger partial charge in [0.05, 0.1) is 11.5 Å². The van der Waals surface area contributed by atoms with Gasteiger partial charge in [-0.05, 0) is 43.2 Å². The van der Waals surface area contributed by atoms with Gasteiger partial charge in [-0.3, -0.25) is 14.3 Å². The number of methoxy groups -OCH3 is 1. The van der Waals surface area contributed by atoms with Crippen molar-refractivity contribution in [3.8, 4) is 0 Å². The number of hydrogen-bond donors (Lipinski definition) is 2. The fourth-order valence-electron chi connectivity index (χ4n) is 3.37. The smallest absolute Gasteiger partial charge is 0.261 e. The Morgan fingerprint density at radius 1 is 1.13 bits per heavy atom. The molecule has 1 atom stereocenters. The van der Waals surface area contributed by atoms with Gasteiger partial charge in [-0.1, -0.05) is 24.3 Å². The highest BCUT2D eigenvalue weighted by Crippen LogP contribution is 2.23. The van der Waals surface area contributed by atoms with Crippen molar-refractivity contribution >= 4 is 27.5 Å². The van der Waals surface area contributed by atoms with Gasteiger partial charge < -0.3 is 15.0 Å². The molecule has 1 saturated heterocycles. The molecule has 8 nitrogen and oxygen atoms in total. The lowest BCUT2D eigenvalue weighted by atomic mass is 10.1. The first-order valence-corrected chi connectivity index (χ1v) is 11.2. The first-order valence-electron chi connectivity index (χ1n) is 9.68. The maximum atomic E-state index is 13.0. The van der Waals surface area contributed by atoms with Crippen LogP contribution in [0.1, 0.15) is 23.2 Å². The number of anilines is 1. The number of sulfonamides is 1. The van der Waals surface area contributed by atoms with Gasteiger partial charge in [0.15, 0.2) is 0 Å². The number of rotatable bonds is 8. The van der Waals surface area contributed by atoms with Gasteiger partial charge in [0.1, 0.15) is 6.04 Å². The topological polar surface area (TPSA) is 105 Å². The number of carbonyl (C=O) groups excluding carboxylic acids is 2. The van der Waals surface area contributed by atoms with E-state index in [1.165, 1.54) is 23.1 Å². The monoisotopic (exact) mass is 431 g/mol. The summed E-state index contributed by atoms with van der Waals surface area (Å²) >= 11 is 0. The molecule has 0 saturated carbocycles. The third-order valence-electron chi connectivity index (χ3n) is 4.84. The van der Waals surface area contributed by atoms with Crippen LogP contribution in [0.3, 0.4) is 0 Å². The second-order valence-corrected chi connectivity index (χ2v) is 8.62. The minimum atomic E-state index is -3.76. The van der Waals surface area contributed by atoms with Crippen LogP contribution < -0.4 is 10.0 Å². The van der Waals surface area contributed by atoms with Crippen LogP contribution in [-0.2, 0) is 19.6 Å². The lowest BCUT2D eigenvalue weighted by Gasteiger charge is -2.24. The molecule has 3 rings (SSSR count). The normalized spacial score (nSPS) is 16.3. The first-order chi connectivity index (χ1) is 14.4. The Morgan fingerprint density at radius 2 is 1.90 bits per heavy atom. The van der Waals surface area contributed by atoms with Crippen molar-refractivity contribution < 1.29 is 22.7 Å². The zero-order valence-electron chi connectivity index (χ0n) is 16.7. The summed E-state index contributed by atoms with van der Waals surface area (Å²) in [6.45, 7) is 1.25. The number of nitrogens with zero attached hydrogens (tertiary/aromatic N) is 1. The molecule has 0 radical (unpaired) electrons. The molecule has 1 aliphatic heterocycles. The van der Waals surface area contributed by atoms with Crippen molar-refractivity contribution in [2.24, 2.45) is 0 Å². The first kappa shape index (κ1) is 21.8. The number of amides is 2. The summed E-state index contributed by atoms with van der Waals surface area (Å²) in [5, 5.41) is 2.77. The predicted molar refractivity (Wildman–Crippen MR) is 113 cm³/mol. The van der Waals surface area contributed by atoms with Crippen LogP contribution >= 0.6 is 0 Å². The van der Waals surface area contributed by atoms with Crippen LogP contribution in [0.25, 0.3) is 0 Å². The van der Waals surface area contributed by atoms with E-state index in [-0.39, 0.29) is 22.4 Å². The molecule has 2 aromatic rings. The summed E-state index contributed by atoms with van der Waals surface area (Å²) in [6.07, 6.45) is 1.32. The maximum Gasteiger partial charge on any atom is 0.261 e.